The lowest BCUT2D eigenvalue weighted by molar-refractivity contribution is 0.0652. The van der Waals surface area contributed by atoms with Crippen LogP contribution in [0.2, 0.25) is 5.02 Å². The van der Waals surface area contributed by atoms with Gasteiger partial charge in [-0.2, -0.15) is 0 Å². The summed E-state index contributed by atoms with van der Waals surface area (Å²) in [5, 5.41) is 5.19. The molecule has 0 aliphatic carbocycles. The minimum atomic E-state index is -0.131. The van der Waals surface area contributed by atoms with Crippen LogP contribution in [0.15, 0.2) is 54.6 Å². The molecule has 3 aromatic rings. The first-order chi connectivity index (χ1) is 13.1. The highest BCUT2D eigenvalue weighted by Gasteiger charge is 2.25. The highest BCUT2D eigenvalue weighted by atomic mass is 35.5. The van der Waals surface area contributed by atoms with E-state index >= 15 is 0 Å². The highest BCUT2D eigenvalue weighted by Crippen LogP contribution is 2.22. The molecular formula is C20H20ClN5O. The van der Waals surface area contributed by atoms with E-state index in [-0.39, 0.29) is 11.7 Å². The minimum Gasteiger partial charge on any atom is -0.333 e. The number of hydrogen-bond acceptors (Lipinski definition) is 4. The fourth-order valence-electron chi connectivity index (χ4n) is 3.09. The Hall–Kier alpha value is -2.70. The van der Waals surface area contributed by atoms with Crippen LogP contribution < -0.4 is 0 Å². The Morgan fingerprint density at radius 1 is 0.963 bits per heavy atom. The van der Waals surface area contributed by atoms with Crippen LogP contribution in [0.25, 0.3) is 17.1 Å². The average molecular weight is 382 g/mol. The van der Waals surface area contributed by atoms with E-state index in [4.69, 9.17) is 11.6 Å². The van der Waals surface area contributed by atoms with Crippen LogP contribution in [0.5, 0.6) is 0 Å². The second-order valence-corrected chi connectivity index (χ2v) is 7.05. The summed E-state index contributed by atoms with van der Waals surface area (Å²) < 4.78 is 1.70. The molecule has 0 N–H and O–H groups in total. The first-order valence-corrected chi connectivity index (χ1v) is 9.26. The number of likely N-dealkylation sites (N-methyl/N-ethyl adjacent to an activating group) is 1. The molecule has 4 rings (SSSR count). The molecule has 0 spiro atoms. The highest BCUT2D eigenvalue weighted by molar-refractivity contribution is 6.30. The second-order valence-electron chi connectivity index (χ2n) is 6.61. The lowest BCUT2D eigenvalue weighted by Gasteiger charge is -2.31. The van der Waals surface area contributed by atoms with Crippen molar-refractivity contribution in [1.29, 1.82) is 0 Å². The zero-order valence-corrected chi connectivity index (χ0v) is 15.8. The van der Waals surface area contributed by atoms with Crippen molar-refractivity contribution < 1.29 is 4.79 Å². The Morgan fingerprint density at radius 2 is 1.63 bits per heavy atom. The van der Waals surface area contributed by atoms with E-state index in [1.807, 2.05) is 47.4 Å². The van der Waals surface area contributed by atoms with Crippen molar-refractivity contribution in [2.75, 3.05) is 33.2 Å². The number of amides is 1. The third kappa shape index (κ3) is 3.72. The topological polar surface area (TPSA) is 54.3 Å². The number of aromatic nitrogens is 3. The predicted octanol–water partition coefficient (Wildman–Crippen LogP) is 2.98. The van der Waals surface area contributed by atoms with Crippen molar-refractivity contribution >= 4 is 17.5 Å². The Kier molecular flexibility index (Phi) is 4.92. The van der Waals surface area contributed by atoms with E-state index in [9.17, 15) is 4.79 Å². The summed E-state index contributed by atoms with van der Waals surface area (Å²) in [7, 11) is 2.06. The molecule has 6 nitrogen and oxygen atoms in total. The van der Waals surface area contributed by atoms with Gasteiger partial charge < -0.3 is 9.80 Å². The van der Waals surface area contributed by atoms with Gasteiger partial charge in [-0.25, -0.2) is 9.67 Å². The van der Waals surface area contributed by atoms with Crippen LogP contribution in [0.4, 0.5) is 0 Å². The van der Waals surface area contributed by atoms with Crippen molar-refractivity contribution in [2.45, 2.75) is 0 Å². The molecule has 0 atom stereocenters. The third-order valence-electron chi connectivity index (χ3n) is 4.69. The van der Waals surface area contributed by atoms with Gasteiger partial charge in [0.1, 0.15) is 0 Å². The summed E-state index contributed by atoms with van der Waals surface area (Å²) >= 11 is 6.01. The number of nitrogens with zero attached hydrogens (tertiary/aromatic N) is 5. The van der Waals surface area contributed by atoms with Crippen LogP contribution in [0.1, 0.15) is 10.6 Å². The van der Waals surface area contributed by atoms with E-state index in [0.29, 0.717) is 23.9 Å². The van der Waals surface area contributed by atoms with Gasteiger partial charge in [-0.3, -0.25) is 4.79 Å². The molecule has 1 aliphatic rings. The van der Waals surface area contributed by atoms with Gasteiger partial charge in [0.15, 0.2) is 5.82 Å². The molecule has 27 heavy (non-hydrogen) atoms. The number of halogens is 1. The summed E-state index contributed by atoms with van der Waals surface area (Å²) in [5.41, 5.74) is 1.71. The normalized spacial score (nSPS) is 15.1. The number of hydrogen-bond donors (Lipinski definition) is 0. The number of carbonyl (C=O) groups is 1. The minimum absolute atomic E-state index is 0.131. The first kappa shape index (κ1) is 17.7. The molecule has 2 heterocycles. The lowest BCUT2D eigenvalue weighted by Crippen LogP contribution is -2.47. The number of piperazine rings is 1. The van der Waals surface area contributed by atoms with E-state index in [2.05, 4.69) is 22.0 Å². The van der Waals surface area contributed by atoms with Gasteiger partial charge in [-0.1, -0.05) is 41.9 Å². The summed E-state index contributed by atoms with van der Waals surface area (Å²) in [5.74, 6) is 0.719. The molecule has 138 valence electrons. The first-order valence-electron chi connectivity index (χ1n) is 8.88. The molecule has 0 unspecified atom stereocenters. The van der Waals surface area contributed by atoms with Gasteiger partial charge in [-0.05, 0) is 31.3 Å². The standard InChI is InChI=1S/C20H20ClN5O/c1-24-11-13-25(14-12-24)20(27)18-22-19(15-5-3-2-4-6-15)26(23-18)17-9-7-16(21)8-10-17/h2-10H,11-14H2,1H3. The van der Waals surface area contributed by atoms with Gasteiger partial charge in [0, 0.05) is 36.8 Å². The molecule has 0 radical (unpaired) electrons. The zero-order chi connectivity index (χ0) is 18.8. The largest absolute Gasteiger partial charge is 0.333 e. The summed E-state index contributed by atoms with van der Waals surface area (Å²) in [6.45, 7) is 3.08. The smallest absolute Gasteiger partial charge is 0.293 e. The van der Waals surface area contributed by atoms with Gasteiger partial charge in [-0.15, -0.1) is 5.10 Å². The molecule has 1 saturated heterocycles. The summed E-state index contributed by atoms with van der Waals surface area (Å²) in [4.78, 5) is 21.5. The Balaban J connectivity index is 1.73. The monoisotopic (exact) mass is 381 g/mol. The molecular weight excluding hydrogens is 362 g/mol. The summed E-state index contributed by atoms with van der Waals surface area (Å²) in [6.07, 6.45) is 0. The molecule has 2 aromatic carbocycles. The fourth-order valence-corrected chi connectivity index (χ4v) is 3.22. The van der Waals surface area contributed by atoms with Crippen molar-refractivity contribution in [3.8, 4) is 17.1 Å². The van der Waals surface area contributed by atoms with Crippen molar-refractivity contribution in [3.05, 3.63) is 65.4 Å². The van der Waals surface area contributed by atoms with Crippen molar-refractivity contribution in [1.82, 2.24) is 24.6 Å². The maximum Gasteiger partial charge on any atom is 0.293 e. The van der Waals surface area contributed by atoms with Gasteiger partial charge in [0.05, 0.1) is 5.69 Å². The molecule has 1 aliphatic heterocycles. The maximum absolute atomic E-state index is 12.9. The van der Waals surface area contributed by atoms with Crippen molar-refractivity contribution in [2.24, 2.45) is 0 Å². The molecule has 1 aromatic heterocycles. The van der Waals surface area contributed by atoms with Crippen LogP contribution in [-0.2, 0) is 0 Å². The zero-order valence-electron chi connectivity index (χ0n) is 15.0. The van der Waals surface area contributed by atoms with E-state index in [0.717, 1.165) is 24.3 Å². The Labute approximate surface area is 163 Å². The Bertz CT molecular complexity index is 931. The SMILES string of the molecule is CN1CCN(C(=O)c2nc(-c3ccccc3)n(-c3ccc(Cl)cc3)n2)CC1. The molecule has 7 heteroatoms. The van der Waals surface area contributed by atoms with Crippen LogP contribution in [0, 0.1) is 0 Å². The second kappa shape index (κ2) is 7.50. The van der Waals surface area contributed by atoms with E-state index in [1.165, 1.54) is 0 Å². The van der Waals surface area contributed by atoms with E-state index < -0.39 is 0 Å². The van der Waals surface area contributed by atoms with Crippen LogP contribution in [-0.4, -0.2) is 63.7 Å². The average Bonchev–Trinajstić information content (AvgIpc) is 3.15. The summed E-state index contributed by atoms with van der Waals surface area (Å²) in [6, 6.07) is 17.1. The van der Waals surface area contributed by atoms with Gasteiger partial charge in [0.25, 0.3) is 5.91 Å². The molecule has 0 bridgehead atoms. The number of rotatable bonds is 3. The van der Waals surface area contributed by atoms with Crippen molar-refractivity contribution in [3.63, 3.8) is 0 Å². The third-order valence-corrected chi connectivity index (χ3v) is 4.94. The van der Waals surface area contributed by atoms with Gasteiger partial charge in [0.2, 0.25) is 5.82 Å². The number of benzene rings is 2. The molecule has 1 amide bonds. The predicted molar refractivity (Wildman–Crippen MR) is 105 cm³/mol. The molecule has 0 saturated carbocycles. The van der Waals surface area contributed by atoms with Crippen LogP contribution >= 0.6 is 11.6 Å². The Morgan fingerprint density at radius 3 is 2.30 bits per heavy atom. The fraction of sp³-hybridized carbons (Fsp3) is 0.250. The number of carbonyl (C=O) groups excluding carboxylic acids is 1. The van der Waals surface area contributed by atoms with Crippen LogP contribution in [0.3, 0.4) is 0 Å². The van der Waals surface area contributed by atoms with E-state index in [1.54, 1.807) is 16.8 Å². The lowest BCUT2D eigenvalue weighted by atomic mass is 10.2. The maximum atomic E-state index is 12.9. The molecule has 1 fully saturated rings. The quantitative estimate of drug-likeness (QED) is 0.700. The van der Waals surface area contributed by atoms with Gasteiger partial charge >= 0.3 is 0 Å².